The molecule has 0 spiro atoms. The number of hydrogen-bond acceptors (Lipinski definition) is 4. The van der Waals surface area contributed by atoms with E-state index >= 15 is 0 Å². The quantitative estimate of drug-likeness (QED) is 0.609. The second-order valence-electron chi connectivity index (χ2n) is 6.63. The number of likely N-dealkylation sites (tertiary alicyclic amines) is 2. The van der Waals surface area contributed by atoms with Crippen molar-refractivity contribution in [1.82, 2.24) is 20.4 Å². The van der Waals surface area contributed by atoms with Crippen LogP contribution in [0.4, 0.5) is 0 Å². The third-order valence-electron chi connectivity index (χ3n) is 4.77. The van der Waals surface area contributed by atoms with Gasteiger partial charge in [-0.2, -0.15) is 0 Å². The Morgan fingerprint density at radius 3 is 2.54 bits per heavy atom. The number of carbonyl (C=O) groups excluding carboxylic acids is 3. The van der Waals surface area contributed by atoms with Gasteiger partial charge >= 0.3 is 0 Å². The van der Waals surface area contributed by atoms with Crippen molar-refractivity contribution in [2.24, 2.45) is 5.92 Å². The molecule has 2 aliphatic rings. The van der Waals surface area contributed by atoms with Crippen LogP contribution in [-0.2, 0) is 14.4 Å². The van der Waals surface area contributed by atoms with E-state index in [1.54, 1.807) is 0 Å². The summed E-state index contributed by atoms with van der Waals surface area (Å²) in [4.78, 5) is 39.2. The molecule has 24 heavy (non-hydrogen) atoms. The molecular weight excluding hydrogens is 308 g/mol. The fraction of sp³-hybridized carbons (Fsp3) is 0.824. The normalized spacial score (nSPS) is 19.5. The molecule has 2 fully saturated rings. The second kappa shape index (κ2) is 9.61. The summed E-state index contributed by atoms with van der Waals surface area (Å²) in [5.74, 6) is 0.482. The van der Waals surface area contributed by atoms with Crippen LogP contribution in [0.25, 0.3) is 0 Å². The lowest BCUT2D eigenvalue weighted by Crippen LogP contribution is -2.44. The molecule has 3 amide bonds. The van der Waals surface area contributed by atoms with Crippen molar-refractivity contribution in [3.05, 3.63) is 0 Å². The van der Waals surface area contributed by atoms with Crippen LogP contribution in [0, 0.1) is 5.92 Å². The molecule has 0 bridgehead atoms. The summed E-state index contributed by atoms with van der Waals surface area (Å²) in [5.41, 5.74) is 0. The molecule has 0 atom stereocenters. The van der Waals surface area contributed by atoms with E-state index in [1.807, 2.05) is 11.8 Å². The minimum Gasteiger partial charge on any atom is -0.356 e. The van der Waals surface area contributed by atoms with Crippen LogP contribution in [0.15, 0.2) is 0 Å². The molecule has 0 aromatic rings. The highest BCUT2D eigenvalue weighted by atomic mass is 16.2. The van der Waals surface area contributed by atoms with Gasteiger partial charge in [-0.3, -0.25) is 19.3 Å². The highest BCUT2D eigenvalue weighted by Gasteiger charge is 2.25. The van der Waals surface area contributed by atoms with Crippen LogP contribution in [-0.4, -0.2) is 73.3 Å². The topological polar surface area (TPSA) is 81.8 Å². The lowest BCUT2D eigenvalue weighted by Gasteiger charge is -2.30. The molecule has 136 valence electrons. The van der Waals surface area contributed by atoms with Gasteiger partial charge in [-0.05, 0) is 45.7 Å². The Morgan fingerprint density at radius 1 is 1.17 bits per heavy atom. The van der Waals surface area contributed by atoms with Crippen LogP contribution in [0.3, 0.4) is 0 Å². The average Bonchev–Trinajstić information content (AvgIpc) is 2.97. The third-order valence-corrected chi connectivity index (χ3v) is 4.77. The van der Waals surface area contributed by atoms with Gasteiger partial charge in [0.15, 0.2) is 0 Å². The zero-order chi connectivity index (χ0) is 17.4. The molecule has 7 heteroatoms. The first-order chi connectivity index (χ1) is 11.6. The first-order valence-corrected chi connectivity index (χ1v) is 9.14. The van der Waals surface area contributed by atoms with E-state index in [0.717, 1.165) is 51.9 Å². The van der Waals surface area contributed by atoms with Crippen LogP contribution in [0.2, 0.25) is 0 Å². The predicted octanol–water partition coefficient (Wildman–Crippen LogP) is -0.0368. The molecular formula is C17H30N4O3. The molecule has 0 unspecified atom stereocenters. The fourth-order valence-electron chi connectivity index (χ4n) is 3.37. The van der Waals surface area contributed by atoms with Gasteiger partial charge in [-0.1, -0.05) is 0 Å². The maximum absolute atomic E-state index is 12.0. The Bertz CT molecular complexity index is 447. The summed E-state index contributed by atoms with van der Waals surface area (Å²) in [5, 5.41) is 5.79. The summed E-state index contributed by atoms with van der Waals surface area (Å²) in [6.07, 6.45) is 4.05. The summed E-state index contributed by atoms with van der Waals surface area (Å²) in [6, 6.07) is 0. The van der Waals surface area contributed by atoms with Crippen molar-refractivity contribution in [3.8, 4) is 0 Å². The lowest BCUT2D eigenvalue weighted by molar-refractivity contribution is -0.128. The van der Waals surface area contributed by atoms with E-state index in [-0.39, 0.29) is 23.6 Å². The Hall–Kier alpha value is -1.63. The Morgan fingerprint density at radius 2 is 1.92 bits per heavy atom. The molecule has 2 saturated heterocycles. The van der Waals surface area contributed by atoms with Gasteiger partial charge < -0.3 is 15.5 Å². The maximum atomic E-state index is 12.0. The summed E-state index contributed by atoms with van der Waals surface area (Å²) in [7, 11) is 0. The van der Waals surface area contributed by atoms with E-state index < -0.39 is 0 Å². The molecule has 0 radical (unpaired) electrons. The fourth-order valence-corrected chi connectivity index (χ4v) is 3.37. The Kier molecular flexibility index (Phi) is 7.49. The molecule has 7 nitrogen and oxygen atoms in total. The van der Waals surface area contributed by atoms with Gasteiger partial charge in [0.05, 0.1) is 6.54 Å². The highest BCUT2D eigenvalue weighted by molar-refractivity contribution is 5.79. The van der Waals surface area contributed by atoms with Gasteiger partial charge in [-0.25, -0.2) is 0 Å². The van der Waals surface area contributed by atoms with Gasteiger partial charge in [0.25, 0.3) is 0 Å². The van der Waals surface area contributed by atoms with Crippen LogP contribution in [0.5, 0.6) is 0 Å². The number of piperidine rings is 1. The van der Waals surface area contributed by atoms with Gasteiger partial charge in [0, 0.05) is 38.5 Å². The second-order valence-corrected chi connectivity index (χ2v) is 6.63. The van der Waals surface area contributed by atoms with E-state index in [2.05, 4.69) is 15.5 Å². The predicted molar refractivity (Wildman–Crippen MR) is 91.3 cm³/mol. The number of carbonyl (C=O) groups is 3. The lowest BCUT2D eigenvalue weighted by atomic mass is 9.96. The van der Waals surface area contributed by atoms with Gasteiger partial charge in [0.1, 0.15) is 0 Å². The van der Waals surface area contributed by atoms with Crippen LogP contribution >= 0.6 is 0 Å². The number of nitrogens with one attached hydrogen (secondary N) is 2. The molecule has 2 heterocycles. The molecule has 0 aliphatic carbocycles. The summed E-state index contributed by atoms with van der Waals surface area (Å²) < 4.78 is 0. The monoisotopic (exact) mass is 338 g/mol. The third kappa shape index (κ3) is 5.78. The van der Waals surface area contributed by atoms with Crippen molar-refractivity contribution in [2.75, 3.05) is 45.8 Å². The van der Waals surface area contributed by atoms with E-state index in [4.69, 9.17) is 0 Å². The van der Waals surface area contributed by atoms with Crippen molar-refractivity contribution in [3.63, 3.8) is 0 Å². The van der Waals surface area contributed by atoms with Crippen LogP contribution < -0.4 is 10.6 Å². The van der Waals surface area contributed by atoms with Crippen molar-refractivity contribution in [2.45, 2.75) is 39.0 Å². The molecule has 0 aromatic heterocycles. The van der Waals surface area contributed by atoms with Crippen LogP contribution in [0.1, 0.15) is 39.0 Å². The van der Waals surface area contributed by atoms with E-state index in [0.29, 0.717) is 26.1 Å². The van der Waals surface area contributed by atoms with Crippen molar-refractivity contribution < 1.29 is 14.4 Å². The average molecular weight is 338 g/mol. The minimum absolute atomic E-state index is 0.0270. The standard InChI is InChI=1S/C17H30N4O3/c1-2-18-17(24)14-6-11-20(12-7-14)13-15(22)19-8-4-10-21-9-3-5-16(21)23/h14H,2-13H2,1H3,(H,18,24)(H,19,22). The molecule has 2 N–H and O–H groups in total. The van der Waals surface area contributed by atoms with Crippen molar-refractivity contribution >= 4 is 17.7 Å². The minimum atomic E-state index is 0.0270. The number of nitrogens with zero attached hydrogens (tertiary/aromatic N) is 2. The smallest absolute Gasteiger partial charge is 0.234 e. The SMILES string of the molecule is CCNC(=O)C1CCN(CC(=O)NCCCN2CCCC2=O)CC1. The first-order valence-electron chi connectivity index (χ1n) is 9.14. The number of hydrogen-bond donors (Lipinski definition) is 2. The van der Waals surface area contributed by atoms with Crippen molar-refractivity contribution in [1.29, 1.82) is 0 Å². The molecule has 2 aliphatic heterocycles. The molecule has 2 rings (SSSR count). The highest BCUT2D eigenvalue weighted by Crippen LogP contribution is 2.16. The maximum Gasteiger partial charge on any atom is 0.234 e. The Balaban J connectivity index is 1.55. The van der Waals surface area contributed by atoms with Gasteiger partial charge in [-0.15, -0.1) is 0 Å². The molecule has 0 aromatic carbocycles. The zero-order valence-corrected chi connectivity index (χ0v) is 14.7. The largest absolute Gasteiger partial charge is 0.356 e. The first kappa shape index (κ1) is 18.7. The summed E-state index contributed by atoms with van der Waals surface area (Å²) >= 11 is 0. The summed E-state index contributed by atoms with van der Waals surface area (Å²) in [6.45, 7) is 6.77. The number of rotatable bonds is 8. The number of amides is 3. The molecule has 0 saturated carbocycles. The van der Waals surface area contributed by atoms with Gasteiger partial charge in [0.2, 0.25) is 17.7 Å². The van der Waals surface area contributed by atoms with E-state index in [1.165, 1.54) is 0 Å². The van der Waals surface area contributed by atoms with E-state index in [9.17, 15) is 14.4 Å². The Labute approximate surface area is 144 Å². The zero-order valence-electron chi connectivity index (χ0n) is 14.7.